The Morgan fingerprint density at radius 2 is 1.62 bits per heavy atom. The SMILES string of the molecule is [2H]C([2H])([2H])C([2H])([2H])C([2H])([2H])C([2H])([2H])C([2H])([2H])C([2H])([2H])C([2H])([2H])C([2H])([2H])C([2H])([2H])C([2H])([2H])OS(=O)(=O)[O-].[Na+]. The standard InChI is InChI=1S/C10H22O4S.Na/c1-2-3-4-5-6-7-8-9-10-14-15(11,12)13;/h2-10H2,1H3,(H,11,12,13);/q;+1/p-1/i1D3,2D2,3D2,4D2,5D2,6D2,7D2,8D2,9D2,10D2;. The molecule has 0 bridgehead atoms. The molecule has 0 amide bonds. The molecule has 0 spiro atoms. The van der Waals surface area contributed by atoms with E-state index in [2.05, 4.69) is 4.18 Å². The van der Waals surface area contributed by atoms with E-state index in [9.17, 15) is 13.0 Å². The molecule has 92 valence electrons. The zero-order valence-corrected chi connectivity index (χ0v) is 10.9. The van der Waals surface area contributed by atoms with E-state index in [0.717, 1.165) is 0 Å². The van der Waals surface area contributed by atoms with Crippen LogP contribution in [0.1, 0.15) is 86.6 Å². The van der Waals surface area contributed by atoms with Crippen LogP contribution in [0.2, 0.25) is 0 Å². The maximum atomic E-state index is 10.7. The van der Waals surface area contributed by atoms with Crippen LogP contribution in [-0.4, -0.2) is 19.5 Å². The fourth-order valence-corrected chi connectivity index (χ4v) is 0.429. The van der Waals surface area contributed by atoms with Gasteiger partial charge in [-0.1, -0.05) is 51.5 Å². The van der Waals surface area contributed by atoms with Crippen LogP contribution in [0.15, 0.2) is 0 Å². The van der Waals surface area contributed by atoms with Gasteiger partial charge in [0, 0.05) is 26.0 Å². The van der Waals surface area contributed by atoms with Crippen molar-refractivity contribution in [2.24, 2.45) is 0 Å². The summed E-state index contributed by atoms with van der Waals surface area (Å²) in [5.74, 6) is 0. The fraction of sp³-hybridized carbons (Fsp3) is 1.00. The van der Waals surface area contributed by atoms with Crippen LogP contribution in [0.4, 0.5) is 0 Å². The molecule has 4 nitrogen and oxygen atoms in total. The van der Waals surface area contributed by atoms with Gasteiger partial charge in [0.05, 0.1) is 9.30 Å². The third kappa shape index (κ3) is 17.3. The summed E-state index contributed by atoms with van der Waals surface area (Å²) in [5, 5.41) is 0. The Morgan fingerprint density at radius 1 is 1.12 bits per heavy atom. The zero-order chi connectivity index (χ0) is 30.2. The predicted octanol–water partition coefficient (Wildman–Crippen LogP) is -0.392. The van der Waals surface area contributed by atoms with Gasteiger partial charge >= 0.3 is 29.6 Å². The third-order valence-corrected chi connectivity index (χ3v) is 0.920. The molecular formula is C10H21NaO4S. The van der Waals surface area contributed by atoms with E-state index in [1.807, 2.05) is 0 Å². The second-order valence-electron chi connectivity index (χ2n) is 1.59. The molecule has 0 aliphatic rings. The van der Waals surface area contributed by atoms with Crippen LogP contribution in [-0.2, 0) is 14.6 Å². The Hall–Kier alpha value is 0.870. The van der Waals surface area contributed by atoms with Crippen LogP contribution in [0, 0.1) is 0 Å². The fourth-order valence-electron chi connectivity index (χ4n) is 0.285. The number of hydrogen-bond donors (Lipinski definition) is 0. The van der Waals surface area contributed by atoms with E-state index in [-0.39, 0.29) is 29.6 Å². The van der Waals surface area contributed by atoms with Crippen molar-refractivity contribution in [2.75, 3.05) is 6.56 Å². The normalized spacial score (nSPS) is 39.4. The van der Waals surface area contributed by atoms with Crippen molar-refractivity contribution in [1.29, 1.82) is 0 Å². The van der Waals surface area contributed by atoms with Crippen molar-refractivity contribution in [3.05, 3.63) is 0 Å². The van der Waals surface area contributed by atoms with Crippen molar-refractivity contribution in [1.82, 2.24) is 0 Å². The quantitative estimate of drug-likeness (QED) is 0.311. The topological polar surface area (TPSA) is 66.4 Å². The largest absolute Gasteiger partial charge is 1.00 e. The maximum absolute atomic E-state index is 10.7. The van der Waals surface area contributed by atoms with E-state index >= 15 is 0 Å². The van der Waals surface area contributed by atoms with E-state index in [0.29, 0.717) is 0 Å². The van der Waals surface area contributed by atoms with Crippen LogP contribution >= 0.6 is 0 Å². The van der Waals surface area contributed by atoms with Gasteiger partial charge in [-0.15, -0.1) is 0 Å². The summed E-state index contributed by atoms with van der Waals surface area (Å²) >= 11 is 0. The average molecular weight is 281 g/mol. The van der Waals surface area contributed by atoms with E-state index in [4.69, 9.17) is 28.8 Å². The number of rotatable bonds is 10. The molecule has 0 radical (unpaired) electrons. The first-order chi connectivity index (χ1) is 15.0. The smallest absolute Gasteiger partial charge is 0.726 e. The summed E-state index contributed by atoms with van der Waals surface area (Å²) in [4.78, 5) is 0. The first-order valence-corrected chi connectivity index (χ1v) is 4.45. The van der Waals surface area contributed by atoms with Crippen LogP contribution in [0.25, 0.3) is 0 Å². The Bertz CT molecular complexity index is 937. The molecule has 0 N–H and O–H groups in total. The molecule has 0 aromatic rings. The Kier molecular flexibility index (Phi) is 2.54. The van der Waals surface area contributed by atoms with Gasteiger partial charge in [0.1, 0.15) is 0 Å². The average Bonchev–Trinajstić information content (AvgIpc) is 2.57. The summed E-state index contributed by atoms with van der Waals surface area (Å²) in [5.41, 5.74) is 0. The Morgan fingerprint density at radius 3 is 2.12 bits per heavy atom. The molecule has 0 aromatic heterocycles. The van der Waals surface area contributed by atoms with Gasteiger partial charge in [-0.25, -0.2) is 8.42 Å². The van der Waals surface area contributed by atoms with Gasteiger partial charge in [0.15, 0.2) is 0 Å². The van der Waals surface area contributed by atoms with Crippen molar-refractivity contribution in [2.45, 2.75) is 57.8 Å². The van der Waals surface area contributed by atoms with Gasteiger partial charge in [0.2, 0.25) is 10.4 Å². The molecule has 0 aromatic carbocycles. The molecule has 0 aliphatic heterocycles. The molecule has 0 saturated carbocycles. The minimum absolute atomic E-state index is 0. The van der Waals surface area contributed by atoms with Gasteiger partial charge in [-0.05, 0) is 6.37 Å². The van der Waals surface area contributed by atoms with Gasteiger partial charge in [-0.2, -0.15) is 0 Å². The minimum Gasteiger partial charge on any atom is -0.726 e. The minimum atomic E-state index is -6.13. The second kappa shape index (κ2) is 12.3. The second-order valence-corrected chi connectivity index (χ2v) is 2.58. The summed E-state index contributed by atoms with van der Waals surface area (Å²) in [6.07, 6.45) is -37.2. The molecule has 0 rings (SSSR count). The van der Waals surface area contributed by atoms with E-state index in [1.165, 1.54) is 0 Å². The Labute approximate surface area is 151 Å². The molecule has 16 heavy (non-hydrogen) atoms. The molecular weight excluding hydrogens is 239 g/mol. The summed E-state index contributed by atoms with van der Waals surface area (Å²) in [6.45, 7) is -8.56. The summed E-state index contributed by atoms with van der Waals surface area (Å²) in [7, 11) is -6.13. The summed E-state index contributed by atoms with van der Waals surface area (Å²) < 4.78 is 195. The van der Waals surface area contributed by atoms with E-state index in [1.54, 1.807) is 0 Å². The van der Waals surface area contributed by atoms with E-state index < -0.39 is 74.8 Å². The number of hydrogen-bond acceptors (Lipinski definition) is 4. The molecule has 0 fully saturated rings. The first kappa shape index (κ1) is 3.30. The molecule has 0 heterocycles. The molecule has 6 heteroatoms. The Balaban J connectivity index is 0. The van der Waals surface area contributed by atoms with Gasteiger partial charge < -0.3 is 4.55 Å². The molecule has 0 aliphatic carbocycles. The van der Waals surface area contributed by atoms with Crippen LogP contribution in [0.5, 0.6) is 0 Å². The van der Waals surface area contributed by atoms with Crippen molar-refractivity contribution in [3.8, 4) is 0 Å². The van der Waals surface area contributed by atoms with Crippen molar-refractivity contribution >= 4 is 10.4 Å². The van der Waals surface area contributed by atoms with Crippen molar-refractivity contribution in [3.63, 3.8) is 0 Å². The summed E-state index contributed by atoms with van der Waals surface area (Å²) in [6, 6.07) is 0. The van der Waals surface area contributed by atoms with Gasteiger partial charge in [-0.3, -0.25) is 4.18 Å². The molecule has 0 atom stereocenters. The molecule has 0 saturated heterocycles. The molecule has 0 unspecified atom stereocenters. The monoisotopic (exact) mass is 281 g/mol. The third-order valence-electron chi connectivity index (χ3n) is 0.632. The predicted molar refractivity (Wildman–Crippen MR) is 58.3 cm³/mol. The van der Waals surface area contributed by atoms with Crippen LogP contribution < -0.4 is 29.6 Å². The maximum Gasteiger partial charge on any atom is 1.00 e. The van der Waals surface area contributed by atoms with Crippen LogP contribution in [0.3, 0.4) is 0 Å². The van der Waals surface area contributed by atoms with Gasteiger partial charge in [0.25, 0.3) is 0 Å². The van der Waals surface area contributed by atoms with Crippen molar-refractivity contribution < 1.29 is 75.5 Å². The zero-order valence-electron chi connectivity index (χ0n) is 29.0. The first-order valence-electron chi connectivity index (χ1n) is 13.6.